The summed E-state index contributed by atoms with van der Waals surface area (Å²) < 4.78 is 21.3. The molecule has 8 heteroatoms. The van der Waals surface area contributed by atoms with Gasteiger partial charge in [-0.25, -0.2) is 14.4 Å². The van der Waals surface area contributed by atoms with E-state index in [1.54, 1.807) is 24.0 Å². The number of methoxy groups -OCH3 is 1. The maximum atomic E-state index is 14.5. The molecule has 0 amide bonds. The second kappa shape index (κ2) is 9.17. The quantitative estimate of drug-likeness (QED) is 0.497. The van der Waals surface area contributed by atoms with Gasteiger partial charge in [-0.3, -0.25) is 4.68 Å². The van der Waals surface area contributed by atoms with Crippen LogP contribution in [0, 0.1) is 5.82 Å². The van der Waals surface area contributed by atoms with Gasteiger partial charge < -0.3 is 10.5 Å². The number of rotatable bonds is 4. The lowest BCUT2D eigenvalue weighted by Crippen LogP contribution is -2.08. The molecule has 0 fully saturated rings. The summed E-state index contributed by atoms with van der Waals surface area (Å²) in [5.74, 6) is -0.232. The van der Waals surface area contributed by atoms with Gasteiger partial charge in [0.15, 0.2) is 22.5 Å². The number of amidine groups is 1. The van der Waals surface area contributed by atoms with Gasteiger partial charge in [-0.1, -0.05) is 31.0 Å². The molecule has 2 N–H and O–H groups in total. The normalized spacial score (nSPS) is 10.8. The van der Waals surface area contributed by atoms with Gasteiger partial charge in [-0.2, -0.15) is 5.10 Å². The number of nitrogens with two attached hydrogens (primary N) is 1. The fourth-order valence-corrected chi connectivity index (χ4v) is 2.21. The molecule has 0 saturated heterocycles. The first kappa shape index (κ1) is 20.6. The summed E-state index contributed by atoms with van der Waals surface area (Å²) in [5, 5.41) is 3.72. The highest BCUT2D eigenvalue weighted by molar-refractivity contribution is 6.30. The number of hydrogen-bond acceptors (Lipinski definition) is 4. The number of allylic oxidation sites excluding steroid dienone is 1. The summed E-state index contributed by atoms with van der Waals surface area (Å²) in [7, 11) is 3.13. The summed E-state index contributed by atoms with van der Waals surface area (Å²) in [6, 6.07) is 0. The van der Waals surface area contributed by atoms with Crippen LogP contribution >= 0.6 is 11.6 Å². The molecule has 0 radical (unpaired) electrons. The third-order valence-corrected chi connectivity index (χ3v) is 3.15. The molecule has 0 aliphatic carbocycles. The van der Waals surface area contributed by atoms with Gasteiger partial charge in [0.2, 0.25) is 0 Å². The molecule has 2 rings (SSSR count). The Morgan fingerprint density at radius 2 is 2.04 bits per heavy atom. The van der Waals surface area contributed by atoms with Crippen LogP contribution in [0.15, 0.2) is 29.0 Å². The molecule has 25 heavy (non-hydrogen) atoms. The number of halogens is 2. The minimum absolute atomic E-state index is 0.104. The third-order valence-electron chi connectivity index (χ3n) is 2.90. The Morgan fingerprint density at radius 3 is 2.52 bits per heavy atom. The van der Waals surface area contributed by atoms with Gasteiger partial charge in [0, 0.05) is 18.8 Å². The zero-order chi connectivity index (χ0) is 19.1. The van der Waals surface area contributed by atoms with Crippen LogP contribution < -0.4 is 10.5 Å². The van der Waals surface area contributed by atoms with Gasteiger partial charge in [-0.15, -0.1) is 0 Å². The van der Waals surface area contributed by atoms with E-state index >= 15 is 0 Å². The summed E-state index contributed by atoms with van der Waals surface area (Å²) in [4.78, 5) is 8.09. The largest absolute Gasteiger partial charge is 0.492 e. The third kappa shape index (κ3) is 5.03. The predicted octanol–water partition coefficient (Wildman–Crippen LogP) is 4.26. The standard InChI is InChI=1S/C15H17ClFN5O.C2H6/c1-8(2)5-10(18)20-15-13(23-4)11(12(17)14(16)21-15)9-6-19-22(3)7-9;1-2/h5-7H,1-4H3,(H2,18,20,21);1-2H3. The molecule has 0 aliphatic rings. The van der Waals surface area contributed by atoms with Gasteiger partial charge in [0.05, 0.1) is 18.9 Å². The second-order valence-corrected chi connectivity index (χ2v) is 5.47. The fourth-order valence-electron chi connectivity index (χ4n) is 2.04. The second-order valence-electron chi connectivity index (χ2n) is 5.11. The smallest absolute Gasteiger partial charge is 0.199 e. The average Bonchev–Trinajstić information content (AvgIpc) is 2.97. The van der Waals surface area contributed by atoms with E-state index in [9.17, 15) is 4.39 Å². The summed E-state index contributed by atoms with van der Waals surface area (Å²) in [6.45, 7) is 7.76. The number of pyridine rings is 1. The minimum Gasteiger partial charge on any atom is -0.492 e. The summed E-state index contributed by atoms with van der Waals surface area (Å²) in [6.07, 6.45) is 4.82. The number of aliphatic imine (C=N–C) groups is 1. The lowest BCUT2D eigenvalue weighted by Gasteiger charge is -2.11. The number of ether oxygens (including phenoxy) is 1. The first-order chi connectivity index (χ1) is 11.8. The van der Waals surface area contributed by atoms with E-state index in [4.69, 9.17) is 22.1 Å². The van der Waals surface area contributed by atoms with Crippen molar-refractivity contribution in [3.8, 4) is 16.9 Å². The molecular formula is C17H23ClFN5O. The molecule has 2 aromatic rings. The lowest BCUT2D eigenvalue weighted by molar-refractivity contribution is 0.412. The highest BCUT2D eigenvalue weighted by Gasteiger charge is 2.22. The Hall–Kier alpha value is -2.41. The Bertz CT molecular complexity index is 795. The molecule has 0 spiro atoms. The number of nitrogens with zero attached hydrogens (tertiary/aromatic N) is 4. The van der Waals surface area contributed by atoms with Crippen molar-refractivity contribution in [2.24, 2.45) is 17.8 Å². The van der Waals surface area contributed by atoms with E-state index in [1.165, 1.54) is 13.3 Å². The molecule has 0 unspecified atom stereocenters. The van der Waals surface area contributed by atoms with Gasteiger partial charge in [-0.05, 0) is 19.9 Å². The van der Waals surface area contributed by atoms with Crippen LogP contribution in [0.1, 0.15) is 27.7 Å². The van der Waals surface area contributed by atoms with Crippen molar-refractivity contribution >= 4 is 23.3 Å². The number of aryl methyl sites for hydroxylation is 1. The predicted molar refractivity (Wildman–Crippen MR) is 100 cm³/mol. The average molecular weight is 368 g/mol. The molecule has 0 aliphatic heterocycles. The minimum atomic E-state index is -0.698. The molecule has 136 valence electrons. The van der Waals surface area contributed by atoms with Crippen molar-refractivity contribution in [3.63, 3.8) is 0 Å². The van der Waals surface area contributed by atoms with Crippen LogP contribution in [0.4, 0.5) is 10.2 Å². The summed E-state index contributed by atoms with van der Waals surface area (Å²) in [5.41, 5.74) is 7.45. The van der Waals surface area contributed by atoms with Crippen LogP contribution in [-0.4, -0.2) is 27.7 Å². The molecular weight excluding hydrogens is 345 g/mol. The lowest BCUT2D eigenvalue weighted by atomic mass is 10.1. The van der Waals surface area contributed by atoms with E-state index in [2.05, 4.69) is 15.1 Å². The molecule has 6 nitrogen and oxygen atoms in total. The van der Waals surface area contributed by atoms with Crippen LogP contribution in [0.25, 0.3) is 11.1 Å². The van der Waals surface area contributed by atoms with E-state index in [0.717, 1.165) is 5.57 Å². The van der Waals surface area contributed by atoms with Crippen LogP contribution in [0.3, 0.4) is 0 Å². The van der Waals surface area contributed by atoms with Crippen LogP contribution in [0.5, 0.6) is 5.75 Å². The Morgan fingerprint density at radius 1 is 1.40 bits per heavy atom. The Balaban J connectivity index is 0.00000151. The maximum absolute atomic E-state index is 14.5. The van der Waals surface area contributed by atoms with E-state index in [1.807, 2.05) is 27.7 Å². The molecule has 0 atom stereocenters. The Labute approximate surface area is 152 Å². The first-order valence-corrected chi connectivity index (χ1v) is 8.12. The monoisotopic (exact) mass is 367 g/mol. The number of hydrogen-bond donors (Lipinski definition) is 1. The highest BCUT2D eigenvalue weighted by Crippen LogP contribution is 2.41. The van der Waals surface area contributed by atoms with Gasteiger partial charge in [0.1, 0.15) is 5.84 Å². The first-order valence-electron chi connectivity index (χ1n) is 7.74. The van der Waals surface area contributed by atoms with Crippen LogP contribution in [-0.2, 0) is 7.05 Å². The highest BCUT2D eigenvalue weighted by atomic mass is 35.5. The van der Waals surface area contributed by atoms with Crippen LogP contribution in [0.2, 0.25) is 5.15 Å². The summed E-state index contributed by atoms with van der Waals surface area (Å²) >= 11 is 5.90. The van der Waals surface area contributed by atoms with Crippen molar-refractivity contribution in [1.82, 2.24) is 14.8 Å². The molecule has 0 aromatic carbocycles. The van der Waals surface area contributed by atoms with Crippen molar-refractivity contribution in [2.45, 2.75) is 27.7 Å². The Kier molecular flexibility index (Phi) is 7.57. The zero-order valence-electron chi connectivity index (χ0n) is 15.3. The molecule has 0 saturated carbocycles. The van der Waals surface area contributed by atoms with E-state index in [0.29, 0.717) is 5.56 Å². The number of aromatic nitrogens is 3. The van der Waals surface area contributed by atoms with E-state index in [-0.39, 0.29) is 28.1 Å². The molecule has 0 bridgehead atoms. The topological polar surface area (TPSA) is 78.3 Å². The zero-order valence-corrected chi connectivity index (χ0v) is 16.0. The van der Waals surface area contributed by atoms with Gasteiger partial charge in [0.25, 0.3) is 0 Å². The van der Waals surface area contributed by atoms with Crippen molar-refractivity contribution < 1.29 is 9.13 Å². The molecule has 2 aromatic heterocycles. The maximum Gasteiger partial charge on any atom is 0.199 e. The fraction of sp³-hybridized carbons (Fsp3) is 0.353. The van der Waals surface area contributed by atoms with Gasteiger partial charge >= 0.3 is 0 Å². The van der Waals surface area contributed by atoms with Crippen molar-refractivity contribution in [3.05, 3.63) is 35.0 Å². The molecule has 2 heterocycles. The van der Waals surface area contributed by atoms with Crippen molar-refractivity contribution in [2.75, 3.05) is 7.11 Å². The van der Waals surface area contributed by atoms with Crippen molar-refractivity contribution in [1.29, 1.82) is 0 Å². The SMILES string of the molecule is CC.COc1c(N=C(N)C=C(C)C)nc(Cl)c(F)c1-c1cnn(C)c1. The van der Waals surface area contributed by atoms with E-state index < -0.39 is 5.82 Å².